The van der Waals surface area contributed by atoms with E-state index in [9.17, 15) is 18.0 Å². The van der Waals surface area contributed by atoms with Crippen LogP contribution in [0.4, 0.5) is 5.69 Å². The molecule has 236 valence electrons. The number of anilines is 1. The lowest BCUT2D eigenvalue weighted by molar-refractivity contribution is -0.139. The fourth-order valence-electron chi connectivity index (χ4n) is 4.90. The summed E-state index contributed by atoms with van der Waals surface area (Å²) in [6, 6.07) is 24.6. The van der Waals surface area contributed by atoms with E-state index < -0.39 is 34.4 Å². The van der Waals surface area contributed by atoms with Crippen molar-refractivity contribution in [1.82, 2.24) is 10.2 Å². The predicted octanol–water partition coefficient (Wildman–Crippen LogP) is 6.20. The van der Waals surface area contributed by atoms with E-state index in [4.69, 9.17) is 27.9 Å². The molecule has 0 aliphatic heterocycles. The molecule has 8 nitrogen and oxygen atoms in total. The van der Waals surface area contributed by atoms with Gasteiger partial charge in [-0.2, -0.15) is 0 Å². The predicted molar refractivity (Wildman–Crippen MR) is 178 cm³/mol. The second-order valence-corrected chi connectivity index (χ2v) is 13.3. The molecule has 1 atom stereocenters. The zero-order valence-electron chi connectivity index (χ0n) is 25.5. The summed E-state index contributed by atoms with van der Waals surface area (Å²) in [5.41, 5.74) is 3.19. The molecule has 0 aliphatic rings. The minimum Gasteiger partial charge on any atom is -0.495 e. The summed E-state index contributed by atoms with van der Waals surface area (Å²) in [6.45, 7) is 2.97. The molecule has 4 aromatic rings. The summed E-state index contributed by atoms with van der Waals surface area (Å²) in [5, 5.41) is 3.38. The third-order valence-electron chi connectivity index (χ3n) is 7.36. The van der Waals surface area contributed by atoms with Crippen molar-refractivity contribution in [3.63, 3.8) is 0 Å². The van der Waals surface area contributed by atoms with Crippen LogP contribution in [-0.4, -0.2) is 51.9 Å². The Morgan fingerprint density at radius 2 is 1.56 bits per heavy atom. The Bertz CT molecular complexity index is 1770. The molecule has 0 bridgehead atoms. The van der Waals surface area contributed by atoms with E-state index in [0.29, 0.717) is 15.6 Å². The van der Waals surface area contributed by atoms with Crippen LogP contribution in [0.5, 0.6) is 5.75 Å². The number of carbonyl (C=O) groups excluding carboxylic acids is 2. The summed E-state index contributed by atoms with van der Waals surface area (Å²) < 4.78 is 35.1. The number of benzene rings is 4. The maximum Gasteiger partial charge on any atom is 0.264 e. The third-order valence-corrected chi connectivity index (χ3v) is 9.73. The second kappa shape index (κ2) is 14.8. The molecular weight excluding hydrogens is 633 g/mol. The SMILES string of the molecule is CNC(=O)[C@@H](Cc1ccccc1)N(Cc1ccc(Cl)cc1Cl)C(=O)CN(c1cc(C)ccc1OC)S(=O)(=O)c1ccc(C)cc1. The van der Waals surface area contributed by atoms with Gasteiger partial charge in [-0.05, 0) is 66.9 Å². The summed E-state index contributed by atoms with van der Waals surface area (Å²) in [5.74, 6) is -0.772. The van der Waals surface area contributed by atoms with E-state index in [1.807, 2.05) is 44.2 Å². The molecule has 1 N–H and O–H groups in total. The minimum absolute atomic E-state index is 0.00360. The van der Waals surface area contributed by atoms with Crippen LogP contribution < -0.4 is 14.4 Å². The fraction of sp³-hybridized carbons (Fsp3) is 0.235. The van der Waals surface area contributed by atoms with E-state index in [0.717, 1.165) is 21.0 Å². The molecule has 0 saturated heterocycles. The summed E-state index contributed by atoms with van der Waals surface area (Å²) >= 11 is 12.7. The van der Waals surface area contributed by atoms with Crippen molar-refractivity contribution in [3.05, 3.63) is 123 Å². The second-order valence-electron chi connectivity index (χ2n) is 10.6. The first-order valence-electron chi connectivity index (χ1n) is 14.2. The van der Waals surface area contributed by atoms with Crippen molar-refractivity contribution >= 4 is 50.7 Å². The van der Waals surface area contributed by atoms with Gasteiger partial charge in [-0.3, -0.25) is 13.9 Å². The Morgan fingerprint density at radius 1 is 0.889 bits per heavy atom. The van der Waals surface area contributed by atoms with E-state index in [-0.39, 0.29) is 29.3 Å². The molecule has 2 amide bonds. The Balaban J connectivity index is 1.86. The number of rotatable bonds is 12. The molecule has 0 radical (unpaired) electrons. The van der Waals surface area contributed by atoms with Gasteiger partial charge in [0, 0.05) is 30.1 Å². The molecule has 4 aromatic carbocycles. The topological polar surface area (TPSA) is 96.0 Å². The lowest BCUT2D eigenvalue weighted by Gasteiger charge is -2.34. The average Bonchev–Trinajstić information content (AvgIpc) is 3.02. The van der Waals surface area contributed by atoms with Crippen LogP contribution >= 0.6 is 23.2 Å². The molecule has 0 aromatic heterocycles. The lowest BCUT2D eigenvalue weighted by atomic mass is 10.0. The van der Waals surface area contributed by atoms with Crippen LogP contribution in [0.1, 0.15) is 22.3 Å². The van der Waals surface area contributed by atoms with Crippen LogP contribution in [-0.2, 0) is 32.6 Å². The number of carbonyl (C=O) groups is 2. The van der Waals surface area contributed by atoms with Crippen LogP contribution in [0.25, 0.3) is 0 Å². The fourth-order valence-corrected chi connectivity index (χ4v) is 6.78. The standard InChI is InChI=1S/C34H35Cl2N3O5S/c1-23-10-15-28(16-11-23)45(42,43)39(30-18-24(2)12-17-32(30)44-4)22-33(40)38(21-26-13-14-27(35)20-29(26)36)31(34(41)37-3)19-25-8-6-5-7-9-25/h5-18,20,31H,19,21-22H2,1-4H3,(H,37,41)/t31-/m1/s1. The number of nitrogens with zero attached hydrogens (tertiary/aromatic N) is 2. The van der Waals surface area contributed by atoms with Gasteiger partial charge in [-0.15, -0.1) is 0 Å². The average molecular weight is 669 g/mol. The zero-order valence-corrected chi connectivity index (χ0v) is 27.8. The molecule has 11 heteroatoms. The van der Waals surface area contributed by atoms with Crippen molar-refractivity contribution in [2.75, 3.05) is 25.0 Å². The number of nitrogens with one attached hydrogen (secondary N) is 1. The number of amides is 2. The molecule has 0 fully saturated rings. The van der Waals surface area contributed by atoms with Gasteiger partial charge in [-0.1, -0.05) is 83.4 Å². The van der Waals surface area contributed by atoms with Gasteiger partial charge in [0.2, 0.25) is 11.8 Å². The summed E-state index contributed by atoms with van der Waals surface area (Å²) in [4.78, 5) is 29.3. The number of methoxy groups -OCH3 is 1. The van der Waals surface area contributed by atoms with Crippen molar-refractivity contribution < 1.29 is 22.7 Å². The number of hydrogen-bond acceptors (Lipinski definition) is 5. The summed E-state index contributed by atoms with van der Waals surface area (Å²) in [7, 11) is -1.36. The van der Waals surface area contributed by atoms with Crippen molar-refractivity contribution in [1.29, 1.82) is 0 Å². The van der Waals surface area contributed by atoms with E-state index in [1.54, 1.807) is 48.5 Å². The van der Waals surface area contributed by atoms with Gasteiger partial charge < -0.3 is 15.0 Å². The van der Waals surface area contributed by atoms with Crippen molar-refractivity contribution in [3.8, 4) is 5.75 Å². The summed E-state index contributed by atoms with van der Waals surface area (Å²) in [6.07, 6.45) is 0.177. The number of hydrogen-bond donors (Lipinski definition) is 1. The normalized spacial score (nSPS) is 11.9. The highest BCUT2D eigenvalue weighted by Crippen LogP contribution is 2.34. The highest BCUT2D eigenvalue weighted by atomic mass is 35.5. The Hall–Kier alpha value is -4.05. The molecule has 0 spiro atoms. The van der Waals surface area contributed by atoms with Crippen LogP contribution in [0.3, 0.4) is 0 Å². The van der Waals surface area contributed by atoms with Crippen LogP contribution in [0.2, 0.25) is 10.0 Å². The smallest absolute Gasteiger partial charge is 0.264 e. The number of ether oxygens (including phenoxy) is 1. The number of likely N-dealkylation sites (N-methyl/N-ethyl adjacent to an activating group) is 1. The van der Waals surface area contributed by atoms with Crippen LogP contribution in [0, 0.1) is 13.8 Å². The molecule has 0 saturated carbocycles. The highest BCUT2D eigenvalue weighted by molar-refractivity contribution is 7.92. The first-order chi connectivity index (χ1) is 21.4. The maximum atomic E-state index is 14.5. The highest BCUT2D eigenvalue weighted by Gasteiger charge is 2.35. The van der Waals surface area contributed by atoms with Gasteiger partial charge in [0.1, 0.15) is 18.3 Å². The molecule has 45 heavy (non-hydrogen) atoms. The Labute approximate surface area is 274 Å². The quantitative estimate of drug-likeness (QED) is 0.194. The van der Waals surface area contributed by atoms with Crippen molar-refractivity contribution in [2.24, 2.45) is 0 Å². The van der Waals surface area contributed by atoms with Crippen molar-refractivity contribution in [2.45, 2.75) is 37.8 Å². The molecular formula is C34H35Cl2N3O5S. The van der Waals surface area contributed by atoms with E-state index in [1.165, 1.54) is 31.2 Å². The van der Waals surface area contributed by atoms with Gasteiger partial charge in [-0.25, -0.2) is 8.42 Å². The first kappa shape index (κ1) is 33.8. The van der Waals surface area contributed by atoms with E-state index >= 15 is 0 Å². The Kier molecular flexibility index (Phi) is 11.1. The maximum absolute atomic E-state index is 14.5. The lowest BCUT2D eigenvalue weighted by Crippen LogP contribution is -2.53. The van der Waals surface area contributed by atoms with Gasteiger partial charge in [0.05, 0.1) is 17.7 Å². The third kappa shape index (κ3) is 8.16. The molecule has 0 aliphatic carbocycles. The first-order valence-corrected chi connectivity index (χ1v) is 16.4. The molecule has 4 rings (SSSR count). The number of aryl methyl sites for hydroxylation is 2. The zero-order chi connectivity index (χ0) is 32.7. The molecule has 0 heterocycles. The molecule has 0 unspecified atom stereocenters. The van der Waals surface area contributed by atoms with Gasteiger partial charge in [0.25, 0.3) is 10.0 Å². The number of halogens is 2. The van der Waals surface area contributed by atoms with Crippen LogP contribution in [0.15, 0.2) is 95.9 Å². The minimum atomic E-state index is -4.28. The largest absolute Gasteiger partial charge is 0.495 e. The monoisotopic (exact) mass is 667 g/mol. The number of sulfonamides is 1. The van der Waals surface area contributed by atoms with Gasteiger partial charge >= 0.3 is 0 Å². The van der Waals surface area contributed by atoms with E-state index in [2.05, 4.69) is 5.32 Å². The van der Waals surface area contributed by atoms with Gasteiger partial charge in [0.15, 0.2) is 0 Å². The Morgan fingerprint density at radius 3 is 2.18 bits per heavy atom.